The molecule has 5 heteroatoms. The average Bonchev–Trinajstić information content (AvgIpc) is 2.64. The lowest BCUT2D eigenvalue weighted by Crippen LogP contribution is -2.64. The van der Waals surface area contributed by atoms with Crippen molar-refractivity contribution >= 4 is 9.84 Å². The van der Waals surface area contributed by atoms with Gasteiger partial charge in [0, 0.05) is 30.7 Å². The third kappa shape index (κ3) is 3.55. The van der Waals surface area contributed by atoms with Crippen LogP contribution < -0.4 is 5.32 Å². The monoisotopic (exact) mass is 302 g/mol. The van der Waals surface area contributed by atoms with Crippen LogP contribution in [0.3, 0.4) is 0 Å². The Labute approximate surface area is 124 Å². The molecule has 0 aromatic carbocycles. The molecule has 0 saturated carbocycles. The smallest absolute Gasteiger partial charge is 0.152 e. The molecule has 0 amide bonds. The largest absolute Gasteiger partial charge is 0.311 e. The third-order valence-electron chi connectivity index (χ3n) is 4.90. The normalized spacial score (nSPS) is 38.5. The van der Waals surface area contributed by atoms with Crippen molar-refractivity contribution in [2.45, 2.75) is 64.6 Å². The zero-order valence-electron chi connectivity index (χ0n) is 13.4. The van der Waals surface area contributed by atoms with E-state index in [1.54, 1.807) is 0 Å². The molecular weight excluding hydrogens is 272 g/mol. The summed E-state index contributed by atoms with van der Waals surface area (Å²) < 4.78 is 23.8. The molecule has 2 rings (SSSR count). The Morgan fingerprint density at radius 3 is 2.60 bits per heavy atom. The van der Waals surface area contributed by atoms with E-state index in [9.17, 15) is 8.42 Å². The number of hydrogen-bond acceptors (Lipinski definition) is 4. The van der Waals surface area contributed by atoms with E-state index in [2.05, 4.69) is 37.9 Å². The van der Waals surface area contributed by atoms with Crippen LogP contribution in [0.5, 0.6) is 0 Å². The topological polar surface area (TPSA) is 49.4 Å². The van der Waals surface area contributed by atoms with Crippen LogP contribution in [-0.2, 0) is 9.84 Å². The third-order valence-corrected chi connectivity index (χ3v) is 6.79. The highest BCUT2D eigenvalue weighted by molar-refractivity contribution is 7.91. The molecule has 118 valence electrons. The maximum Gasteiger partial charge on any atom is 0.152 e. The second-order valence-electron chi connectivity index (χ2n) is 7.29. The van der Waals surface area contributed by atoms with Crippen molar-refractivity contribution in [2.24, 2.45) is 5.92 Å². The van der Waals surface area contributed by atoms with Crippen molar-refractivity contribution in [1.82, 2.24) is 10.2 Å². The molecule has 1 N–H and O–H groups in total. The van der Waals surface area contributed by atoms with Gasteiger partial charge in [-0.25, -0.2) is 8.42 Å². The van der Waals surface area contributed by atoms with E-state index in [0.717, 1.165) is 32.4 Å². The van der Waals surface area contributed by atoms with Gasteiger partial charge in [0.2, 0.25) is 0 Å². The minimum absolute atomic E-state index is 0.156. The van der Waals surface area contributed by atoms with Gasteiger partial charge in [0.25, 0.3) is 0 Å². The fourth-order valence-electron chi connectivity index (χ4n) is 3.84. The van der Waals surface area contributed by atoms with Crippen LogP contribution in [0.1, 0.15) is 47.0 Å². The van der Waals surface area contributed by atoms with Crippen molar-refractivity contribution in [2.75, 3.05) is 24.6 Å². The second kappa shape index (κ2) is 5.93. The fraction of sp³-hybridized carbons (Fsp3) is 1.00. The predicted molar refractivity (Wildman–Crippen MR) is 83.7 cm³/mol. The molecule has 2 aliphatic rings. The van der Waals surface area contributed by atoms with Crippen molar-refractivity contribution in [3.63, 3.8) is 0 Å². The standard InChI is InChI=1S/C15H30N2O2S/c1-5-14-9-16-13(8-12(2)3)10-17(14)15(4)6-7-20(18,19)11-15/h12-14,16H,5-11H2,1-4H3. The van der Waals surface area contributed by atoms with Crippen LogP contribution in [0.4, 0.5) is 0 Å². The summed E-state index contributed by atoms with van der Waals surface area (Å²) in [5.41, 5.74) is -0.156. The summed E-state index contributed by atoms with van der Waals surface area (Å²) in [7, 11) is -2.84. The zero-order valence-corrected chi connectivity index (χ0v) is 14.2. The van der Waals surface area contributed by atoms with Gasteiger partial charge in [0.15, 0.2) is 9.84 Å². The van der Waals surface area contributed by atoms with Gasteiger partial charge < -0.3 is 5.32 Å². The predicted octanol–water partition coefficient (Wildman–Crippen LogP) is 1.66. The molecule has 0 spiro atoms. The van der Waals surface area contributed by atoms with E-state index in [0.29, 0.717) is 29.5 Å². The van der Waals surface area contributed by atoms with Crippen molar-refractivity contribution in [3.8, 4) is 0 Å². The van der Waals surface area contributed by atoms with Gasteiger partial charge in [0.05, 0.1) is 11.5 Å². The van der Waals surface area contributed by atoms with Crippen molar-refractivity contribution in [1.29, 1.82) is 0 Å². The maximum absolute atomic E-state index is 11.9. The highest BCUT2D eigenvalue weighted by Gasteiger charge is 2.46. The molecule has 4 nitrogen and oxygen atoms in total. The van der Waals surface area contributed by atoms with Gasteiger partial charge in [0.1, 0.15) is 0 Å². The summed E-state index contributed by atoms with van der Waals surface area (Å²) in [6, 6.07) is 0.967. The molecule has 0 radical (unpaired) electrons. The number of rotatable bonds is 4. The molecule has 0 aromatic heterocycles. The highest BCUT2D eigenvalue weighted by Crippen LogP contribution is 2.33. The first kappa shape index (κ1) is 16.2. The van der Waals surface area contributed by atoms with E-state index >= 15 is 0 Å². The summed E-state index contributed by atoms with van der Waals surface area (Å²) in [6.07, 6.45) is 3.03. The van der Waals surface area contributed by atoms with Gasteiger partial charge in [-0.2, -0.15) is 0 Å². The molecule has 2 heterocycles. The van der Waals surface area contributed by atoms with Crippen molar-refractivity contribution in [3.05, 3.63) is 0 Å². The molecule has 2 fully saturated rings. The molecular formula is C15H30N2O2S. The summed E-state index contributed by atoms with van der Waals surface area (Å²) in [6.45, 7) is 10.8. The SMILES string of the molecule is CCC1CNC(CC(C)C)CN1C1(C)CCS(=O)(=O)C1. The Hall–Kier alpha value is -0.130. The van der Waals surface area contributed by atoms with Gasteiger partial charge in [-0.15, -0.1) is 0 Å². The Kier molecular flexibility index (Phi) is 4.82. The Morgan fingerprint density at radius 1 is 1.40 bits per heavy atom. The molecule has 0 aliphatic carbocycles. The quantitative estimate of drug-likeness (QED) is 0.858. The number of nitrogens with one attached hydrogen (secondary N) is 1. The average molecular weight is 302 g/mol. The molecule has 2 aliphatic heterocycles. The first-order valence-electron chi connectivity index (χ1n) is 7.96. The minimum Gasteiger partial charge on any atom is -0.311 e. The van der Waals surface area contributed by atoms with Gasteiger partial charge in [-0.1, -0.05) is 20.8 Å². The summed E-state index contributed by atoms with van der Waals surface area (Å²) in [5.74, 6) is 1.37. The van der Waals surface area contributed by atoms with Crippen molar-refractivity contribution < 1.29 is 8.42 Å². The van der Waals surface area contributed by atoms with Crippen LogP contribution in [0.25, 0.3) is 0 Å². The first-order valence-corrected chi connectivity index (χ1v) is 9.78. The minimum atomic E-state index is -2.84. The summed E-state index contributed by atoms with van der Waals surface area (Å²) in [4.78, 5) is 2.50. The summed E-state index contributed by atoms with van der Waals surface area (Å²) in [5, 5.41) is 3.65. The molecule has 20 heavy (non-hydrogen) atoms. The summed E-state index contributed by atoms with van der Waals surface area (Å²) >= 11 is 0. The second-order valence-corrected chi connectivity index (χ2v) is 9.47. The number of piperazine rings is 1. The van der Waals surface area contributed by atoms with E-state index in [1.807, 2.05) is 0 Å². The van der Waals surface area contributed by atoms with Crippen LogP contribution in [0.2, 0.25) is 0 Å². The Morgan fingerprint density at radius 2 is 2.10 bits per heavy atom. The lowest BCUT2D eigenvalue weighted by molar-refractivity contribution is 0.0290. The Bertz CT molecular complexity index is 435. The molecule has 2 saturated heterocycles. The van der Waals surface area contributed by atoms with Crippen LogP contribution in [0.15, 0.2) is 0 Å². The van der Waals surface area contributed by atoms with E-state index in [-0.39, 0.29) is 5.54 Å². The van der Waals surface area contributed by atoms with E-state index in [1.165, 1.54) is 0 Å². The Balaban J connectivity index is 2.13. The van der Waals surface area contributed by atoms with Gasteiger partial charge in [-0.05, 0) is 32.1 Å². The van der Waals surface area contributed by atoms with Gasteiger partial charge >= 0.3 is 0 Å². The molecule has 3 atom stereocenters. The number of nitrogens with zero attached hydrogens (tertiary/aromatic N) is 1. The highest BCUT2D eigenvalue weighted by atomic mass is 32.2. The molecule has 3 unspecified atom stereocenters. The molecule has 0 bridgehead atoms. The number of sulfone groups is 1. The van der Waals surface area contributed by atoms with E-state index in [4.69, 9.17) is 0 Å². The first-order chi connectivity index (χ1) is 9.26. The molecule has 0 aromatic rings. The van der Waals surface area contributed by atoms with Crippen LogP contribution >= 0.6 is 0 Å². The van der Waals surface area contributed by atoms with Gasteiger partial charge in [-0.3, -0.25) is 4.90 Å². The lowest BCUT2D eigenvalue weighted by atomic mass is 9.91. The zero-order chi connectivity index (χ0) is 15.0. The lowest BCUT2D eigenvalue weighted by Gasteiger charge is -2.48. The van der Waals surface area contributed by atoms with Crippen LogP contribution in [-0.4, -0.2) is 55.5 Å². The maximum atomic E-state index is 11.9. The fourth-order valence-corrected chi connectivity index (χ4v) is 5.99. The van der Waals surface area contributed by atoms with Crippen LogP contribution in [0, 0.1) is 5.92 Å². The number of hydrogen-bond donors (Lipinski definition) is 1. The van der Waals surface area contributed by atoms with E-state index < -0.39 is 9.84 Å².